The lowest BCUT2D eigenvalue weighted by Gasteiger charge is -2.35. The molecule has 1 heterocycles. The predicted molar refractivity (Wildman–Crippen MR) is 58.9 cm³/mol. The van der Waals surface area contributed by atoms with E-state index in [-0.39, 0.29) is 11.6 Å². The molecule has 2 nitrogen and oxygen atoms in total. The van der Waals surface area contributed by atoms with E-state index in [4.69, 9.17) is 4.74 Å². The first kappa shape index (κ1) is 9.49. The van der Waals surface area contributed by atoms with Gasteiger partial charge in [0.1, 0.15) is 5.60 Å². The molecule has 1 fully saturated rings. The van der Waals surface area contributed by atoms with E-state index in [2.05, 4.69) is 22.6 Å². The van der Waals surface area contributed by atoms with Crippen LogP contribution in [0.1, 0.15) is 32.6 Å². The van der Waals surface area contributed by atoms with Gasteiger partial charge in [-0.1, -0.05) is 29.0 Å². The van der Waals surface area contributed by atoms with Crippen LogP contribution in [0.25, 0.3) is 0 Å². The van der Waals surface area contributed by atoms with Crippen molar-refractivity contribution in [1.29, 1.82) is 0 Å². The lowest BCUT2D eigenvalue weighted by Crippen LogP contribution is -2.40. The van der Waals surface area contributed by atoms with Gasteiger partial charge in [0.25, 0.3) is 0 Å². The molecular formula is C10H13IO2. The number of alkyl halides is 1. The average Bonchev–Trinajstić information content (AvgIpc) is 2.36. The number of ether oxygens (including phenoxy) is 1. The van der Waals surface area contributed by atoms with E-state index in [0.717, 1.165) is 18.4 Å². The SMILES string of the molecule is CC1=C[C@]2(CCCC[C@H]2I)OC1=O. The first-order chi connectivity index (χ1) is 6.14. The third-order valence-electron chi connectivity index (χ3n) is 2.87. The Labute approximate surface area is 91.9 Å². The standard InChI is InChI=1S/C10H13IO2/c1-7-6-10(13-9(7)12)5-3-2-4-8(10)11/h6,8H,2-5H2,1H3/t8-,10+/m1/s1. The van der Waals surface area contributed by atoms with E-state index in [1.54, 1.807) is 0 Å². The quantitative estimate of drug-likeness (QED) is 0.390. The van der Waals surface area contributed by atoms with Crippen molar-refractivity contribution < 1.29 is 9.53 Å². The van der Waals surface area contributed by atoms with Gasteiger partial charge in [-0.05, 0) is 32.3 Å². The molecule has 2 rings (SSSR count). The van der Waals surface area contributed by atoms with Gasteiger partial charge in [-0.2, -0.15) is 0 Å². The summed E-state index contributed by atoms with van der Waals surface area (Å²) >= 11 is 2.41. The Kier molecular flexibility index (Phi) is 2.38. The highest BCUT2D eigenvalue weighted by Crippen LogP contribution is 2.42. The number of hydrogen-bond donors (Lipinski definition) is 0. The van der Waals surface area contributed by atoms with E-state index >= 15 is 0 Å². The summed E-state index contributed by atoms with van der Waals surface area (Å²) in [5, 5.41) is 0. The number of esters is 1. The minimum absolute atomic E-state index is 0.122. The molecule has 0 amide bonds. The lowest BCUT2D eigenvalue weighted by molar-refractivity contribution is -0.147. The summed E-state index contributed by atoms with van der Waals surface area (Å²) in [5.74, 6) is -0.122. The number of hydrogen-bond acceptors (Lipinski definition) is 2. The van der Waals surface area contributed by atoms with Gasteiger partial charge in [-0.3, -0.25) is 0 Å². The summed E-state index contributed by atoms with van der Waals surface area (Å²) in [4.78, 5) is 11.3. The Morgan fingerprint density at radius 2 is 2.38 bits per heavy atom. The number of halogens is 1. The summed E-state index contributed by atoms with van der Waals surface area (Å²) in [6.07, 6.45) is 6.64. The third kappa shape index (κ3) is 1.51. The van der Waals surface area contributed by atoms with Crippen molar-refractivity contribution in [3.05, 3.63) is 11.6 Å². The normalized spacial score (nSPS) is 39.1. The minimum Gasteiger partial charge on any atom is -0.450 e. The Hall–Kier alpha value is -0.0600. The molecule has 0 bridgehead atoms. The molecule has 0 aromatic rings. The van der Waals surface area contributed by atoms with E-state index in [9.17, 15) is 4.79 Å². The van der Waals surface area contributed by atoms with Crippen molar-refractivity contribution in [1.82, 2.24) is 0 Å². The first-order valence-corrected chi connectivity index (χ1v) is 5.95. The molecule has 0 N–H and O–H groups in total. The molecule has 72 valence electrons. The monoisotopic (exact) mass is 292 g/mol. The summed E-state index contributed by atoms with van der Waals surface area (Å²) < 4.78 is 5.93. The van der Waals surface area contributed by atoms with E-state index in [1.165, 1.54) is 12.8 Å². The molecule has 1 spiro atoms. The smallest absolute Gasteiger partial charge is 0.334 e. The van der Waals surface area contributed by atoms with E-state index < -0.39 is 0 Å². The summed E-state index contributed by atoms with van der Waals surface area (Å²) in [6.45, 7) is 1.84. The molecule has 2 aliphatic rings. The van der Waals surface area contributed by atoms with Gasteiger partial charge >= 0.3 is 5.97 Å². The third-order valence-corrected chi connectivity index (χ3v) is 4.55. The van der Waals surface area contributed by atoms with Gasteiger partial charge in [-0.15, -0.1) is 0 Å². The topological polar surface area (TPSA) is 26.3 Å². The second-order valence-electron chi connectivity index (χ2n) is 3.89. The summed E-state index contributed by atoms with van der Waals surface area (Å²) in [6, 6.07) is 0. The zero-order chi connectivity index (χ0) is 9.47. The fraction of sp³-hybridized carbons (Fsp3) is 0.700. The molecular weight excluding hydrogens is 279 g/mol. The van der Waals surface area contributed by atoms with Gasteiger partial charge in [-0.25, -0.2) is 4.79 Å². The molecule has 1 aliphatic heterocycles. The van der Waals surface area contributed by atoms with E-state index in [1.807, 2.05) is 13.0 Å². The first-order valence-electron chi connectivity index (χ1n) is 4.71. The van der Waals surface area contributed by atoms with Crippen LogP contribution in [0.5, 0.6) is 0 Å². The van der Waals surface area contributed by atoms with Crippen LogP contribution in [0.15, 0.2) is 11.6 Å². The van der Waals surface area contributed by atoms with Crippen molar-refractivity contribution in [3.63, 3.8) is 0 Å². The number of carbonyl (C=O) groups excluding carboxylic acids is 1. The highest BCUT2D eigenvalue weighted by atomic mass is 127. The second-order valence-corrected chi connectivity index (χ2v) is 5.39. The van der Waals surface area contributed by atoms with Crippen LogP contribution in [-0.4, -0.2) is 15.5 Å². The van der Waals surface area contributed by atoms with Crippen molar-refractivity contribution in [2.75, 3.05) is 0 Å². The van der Waals surface area contributed by atoms with Crippen molar-refractivity contribution in [3.8, 4) is 0 Å². The van der Waals surface area contributed by atoms with Gasteiger partial charge in [0, 0.05) is 5.57 Å². The summed E-state index contributed by atoms with van der Waals surface area (Å²) in [7, 11) is 0. The van der Waals surface area contributed by atoms with Crippen molar-refractivity contribution in [2.24, 2.45) is 0 Å². The molecule has 13 heavy (non-hydrogen) atoms. The molecule has 0 radical (unpaired) electrons. The zero-order valence-corrected chi connectivity index (χ0v) is 9.84. The molecule has 1 aliphatic carbocycles. The Morgan fingerprint density at radius 3 is 2.92 bits per heavy atom. The number of rotatable bonds is 0. The lowest BCUT2D eigenvalue weighted by atomic mass is 9.84. The molecule has 1 saturated carbocycles. The molecule has 0 aromatic heterocycles. The minimum atomic E-state index is -0.250. The molecule has 0 aromatic carbocycles. The van der Waals surface area contributed by atoms with E-state index in [0.29, 0.717) is 3.92 Å². The maximum Gasteiger partial charge on any atom is 0.334 e. The van der Waals surface area contributed by atoms with Crippen LogP contribution in [0.2, 0.25) is 0 Å². The second kappa shape index (κ2) is 3.26. The van der Waals surface area contributed by atoms with Gasteiger partial charge in [0.05, 0.1) is 3.92 Å². The van der Waals surface area contributed by atoms with Gasteiger partial charge in [0.2, 0.25) is 0 Å². The zero-order valence-electron chi connectivity index (χ0n) is 7.68. The Morgan fingerprint density at radius 1 is 1.62 bits per heavy atom. The molecule has 2 atom stereocenters. The van der Waals surface area contributed by atoms with Crippen LogP contribution < -0.4 is 0 Å². The highest BCUT2D eigenvalue weighted by Gasteiger charge is 2.45. The van der Waals surface area contributed by atoms with Crippen LogP contribution in [-0.2, 0) is 9.53 Å². The fourth-order valence-corrected chi connectivity index (χ4v) is 3.17. The largest absolute Gasteiger partial charge is 0.450 e. The van der Waals surface area contributed by atoms with Crippen LogP contribution in [0, 0.1) is 0 Å². The molecule has 0 saturated heterocycles. The Bertz CT molecular complexity index is 272. The summed E-state index contributed by atoms with van der Waals surface area (Å²) in [5.41, 5.74) is 0.531. The van der Waals surface area contributed by atoms with Crippen LogP contribution in [0.3, 0.4) is 0 Å². The molecule has 0 unspecified atom stereocenters. The van der Waals surface area contributed by atoms with Crippen molar-refractivity contribution in [2.45, 2.75) is 42.1 Å². The maximum absolute atomic E-state index is 11.3. The predicted octanol–water partition coefficient (Wildman–Crippen LogP) is 2.61. The van der Waals surface area contributed by atoms with Gasteiger partial charge < -0.3 is 4.74 Å². The average molecular weight is 292 g/mol. The van der Waals surface area contributed by atoms with Crippen molar-refractivity contribution >= 4 is 28.6 Å². The van der Waals surface area contributed by atoms with Crippen LogP contribution >= 0.6 is 22.6 Å². The molecule has 3 heteroatoms. The Balaban J connectivity index is 2.25. The highest BCUT2D eigenvalue weighted by molar-refractivity contribution is 14.1. The van der Waals surface area contributed by atoms with Gasteiger partial charge in [0.15, 0.2) is 0 Å². The maximum atomic E-state index is 11.3. The fourth-order valence-electron chi connectivity index (χ4n) is 2.11. The number of carbonyl (C=O) groups is 1. The van der Waals surface area contributed by atoms with Crippen LogP contribution in [0.4, 0.5) is 0 Å².